The summed E-state index contributed by atoms with van der Waals surface area (Å²) in [7, 11) is 0. The summed E-state index contributed by atoms with van der Waals surface area (Å²) in [6, 6.07) is 7.67. The van der Waals surface area contributed by atoms with E-state index in [-0.39, 0.29) is 11.3 Å². The van der Waals surface area contributed by atoms with E-state index in [4.69, 9.17) is 4.74 Å². The molecular formula is C19H31NO3. The molecule has 0 aliphatic heterocycles. The maximum atomic E-state index is 11.2. The van der Waals surface area contributed by atoms with Crippen molar-refractivity contribution in [3.8, 4) is 5.75 Å². The molecule has 0 bridgehead atoms. The lowest BCUT2D eigenvalue weighted by Crippen LogP contribution is -2.42. The summed E-state index contributed by atoms with van der Waals surface area (Å²) < 4.78 is 5.78. The first-order valence-electron chi connectivity index (χ1n) is 8.45. The Morgan fingerprint density at radius 2 is 2.04 bits per heavy atom. The molecule has 0 fully saturated rings. The lowest BCUT2D eigenvalue weighted by Gasteiger charge is -2.21. The van der Waals surface area contributed by atoms with Crippen LogP contribution in [0.5, 0.6) is 5.75 Å². The van der Waals surface area contributed by atoms with Crippen molar-refractivity contribution in [3.63, 3.8) is 0 Å². The minimum atomic E-state index is -0.779. The quantitative estimate of drug-likeness (QED) is 0.678. The van der Waals surface area contributed by atoms with Crippen LogP contribution < -0.4 is 10.1 Å². The van der Waals surface area contributed by atoms with E-state index in [0.29, 0.717) is 13.2 Å². The van der Waals surface area contributed by atoms with Crippen LogP contribution in [0.2, 0.25) is 0 Å². The number of carboxylic acids is 1. The predicted octanol–water partition coefficient (Wildman–Crippen LogP) is 3.84. The summed E-state index contributed by atoms with van der Waals surface area (Å²) in [6.45, 7) is 11.7. The van der Waals surface area contributed by atoms with Crippen LogP contribution in [0.4, 0.5) is 0 Å². The van der Waals surface area contributed by atoms with Gasteiger partial charge in [-0.3, -0.25) is 4.79 Å². The van der Waals surface area contributed by atoms with Crippen molar-refractivity contribution in [2.24, 2.45) is 5.92 Å². The molecule has 2 atom stereocenters. The van der Waals surface area contributed by atoms with Gasteiger partial charge in [0.25, 0.3) is 0 Å². The summed E-state index contributed by atoms with van der Waals surface area (Å²) in [5.74, 6) is 0.212. The van der Waals surface area contributed by atoms with Gasteiger partial charge in [-0.15, -0.1) is 0 Å². The fourth-order valence-electron chi connectivity index (χ4n) is 2.34. The molecule has 0 saturated carbocycles. The van der Waals surface area contributed by atoms with E-state index < -0.39 is 12.0 Å². The maximum absolute atomic E-state index is 11.2. The first kappa shape index (κ1) is 19.5. The number of hydrogen-bond donors (Lipinski definition) is 2. The van der Waals surface area contributed by atoms with Gasteiger partial charge < -0.3 is 15.2 Å². The Kier molecular flexibility index (Phi) is 7.56. The second-order valence-electron chi connectivity index (χ2n) is 7.14. The molecule has 0 spiro atoms. The largest absolute Gasteiger partial charge is 0.494 e. The van der Waals surface area contributed by atoms with Crippen LogP contribution in [0.25, 0.3) is 0 Å². The summed E-state index contributed by atoms with van der Waals surface area (Å²) in [5, 5.41) is 12.3. The van der Waals surface area contributed by atoms with Gasteiger partial charge in [0.05, 0.1) is 6.61 Å². The third-order valence-electron chi connectivity index (χ3n) is 4.13. The van der Waals surface area contributed by atoms with E-state index in [0.717, 1.165) is 18.6 Å². The zero-order chi connectivity index (χ0) is 17.5. The van der Waals surface area contributed by atoms with Crippen LogP contribution in [0.15, 0.2) is 24.3 Å². The van der Waals surface area contributed by atoms with Gasteiger partial charge in [0.1, 0.15) is 11.8 Å². The predicted molar refractivity (Wildman–Crippen MR) is 94.1 cm³/mol. The van der Waals surface area contributed by atoms with Crippen LogP contribution in [0.1, 0.15) is 53.0 Å². The van der Waals surface area contributed by atoms with E-state index in [1.165, 1.54) is 5.56 Å². The monoisotopic (exact) mass is 321 g/mol. The molecule has 1 rings (SSSR count). The molecule has 4 heteroatoms. The number of carboxylic acid groups (broad SMARTS) is 1. The van der Waals surface area contributed by atoms with E-state index in [2.05, 4.69) is 38.2 Å². The van der Waals surface area contributed by atoms with Crippen molar-refractivity contribution in [1.29, 1.82) is 0 Å². The molecule has 0 aliphatic rings. The fraction of sp³-hybridized carbons (Fsp3) is 0.632. The molecule has 0 heterocycles. The average molecular weight is 321 g/mol. The Bertz CT molecular complexity index is 494. The highest BCUT2D eigenvalue weighted by Crippen LogP contribution is 2.25. The zero-order valence-electron chi connectivity index (χ0n) is 15.1. The van der Waals surface area contributed by atoms with Crippen molar-refractivity contribution in [2.75, 3.05) is 13.2 Å². The second-order valence-corrected chi connectivity index (χ2v) is 7.14. The molecule has 0 unspecified atom stereocenters. The highest BCUT2D eigenvalue weighted by Gasteiger charge is 2.22. The summed E-state index contributed by atoms with van der Waals surface area (Å²) in [4.78, 5) is 11.2. The van der Waals surface area contributed by atoms with Crippen LogP contribution in [-0.4, -0.2) is 30.3 Å². The van der Waals surface area contributed by atoms with Crippen LogP contribution in [-0.2, 0) is 10.2 Å². The number of rotatable bonds is 9. The van der Waals surface area contributed by atoms with Crippen molar-refractivity contribution >= 4 is 5.97 Å². The highest BCUT2D eigenvalue weighted by atomic mass is 16.5. The van der Waals surface area contributed by atoms with Gasteiger partial charge in [0.15, 0.2) is 0 Å². The molecule has 0 amide bonds. The minimum absolute atomic E-state index is 0.103. The molecule has 1 aromatic rings. The molecule has 0 aromatic heterocycles. The van der Waals surface area contributed by atoms with Gasteiger partial charge in [-0.1, -0.05) is 53.2 Å². The molecule has 23 heavy (non-hydrogen) atoms. The van der Waals surface area contributed by atoms with Crippen LogP contribution in [0, 0.1) is 5.92 Å². The SMILES string of the molecule is CC[C@H](C)[C@H](NCCCOc1cccc(C(C)(C)C)c1)C(=O)O. The maximum Gasteiger partial charge on any atom is 0.320 e. The van der Waals surface area contributed by atoms with Gasteiger partial charge in [-0.25, -0.2) is 0 Å². The Hall–Kier alpha value is -1.55. The number of hydrogen-bond acceptors (Lipinski definition) is 3. The van der Waals surface area contributed by atoms with Crippen molar-refractivity contribution in [1.82, 2.24) is 5.32 Å². The third-order valence-corrected chi connectivity index (χ3v) is 4.13. The van der Waals surface area contributed by atoms with Crippen molar-refractivity contribution < 1.29 is 14.6 Å². The summed E-state index contributed by atoms with van der Waals surface area (Å²) in [5.41, 5.74) is 1.35. The summed E-state index contributed by atoms with van der Waals surface area (Å²) >= 11 is 0. The third kappa shape index (κ3) is 6.61. The normalized spacial score (nSPS) is 14.3. The minimum Gasteiger partial charge on any atom is -0.494 e. The number of ether oxygens (including phenoxy) is 1. The smallest absolute Gasteiger partial charge is 0.320 e. The molecule has 0 saturated heterocycles. The molecule has 1 aromatic carbocycles. The Labute approximate surface area is 140 Å². The van der Waals surface area contributed by atoms with E-state index in [1.54, 1.807) is 0 Å². The molecule has 0 aliphatic carbocycles. The summed E-state index contributed by atoms with van der Waals surface area (Å²) in [6.07, 6.45) is 1.63. The van der Waals surface area contributed by atoms with Gasteiger partial charge in [-0.2, -0.15) is 0 Å². The number of benzene rings is 1. The topological polar surface area (TPSA) is 58.6 Å². The van der Waals surface area contributed by atoms with Crippen LogP contribution in [0.3, 0.4) is 0 Å². The van der Waals surface area contributed by atoms with E-state index >= 15 is 0 Å². The molecular weight excluding hydrogens is 290 g/mol. The second kappa shape index (κ2) is 8.92. The molecule has 0 radical (unpaired) electrons. The van der Waals surface area contributed by atoms with Crippen molar-refractivity contribution in [2.45, 2.75) is 58.9 Å². The fourth-order valence-corrected chi connectivity index (χ4v) is 2.34. The van der Waals surface area contributed by atoms with Gasteiger partial charge in [0.2, 0.25) is 0 Å². The average Bonchev–Trinajstić information content (AvgIpc) is 2.49. The van der Waals surface area contributed by atoms with Crippen molar-refractivity contribution in [3.05, 3.63) is 29.8 Å². The molecule has 130 valence electrons. The number of carbonyl (C=O) groups is 1. The Balaban J connectivity index is 2.39. The Morgan fingerprint density at radius 1 is 1.35 bits per heavy atom. The first-order valence-corrected chi connectivity index (χ1v) is 8.45. The van der Waals surface area contributed by atoms with Gasteiger partial charge >= 0.3 is 5.97 Å². The molecule has 2 N–H and O–H groups in total. The van der Waals surface area contributed by atoms with Gasteiger partial charge in [-0.05, 0) is 42.0 Å². The molecule has 4 nitrogen and oxygen atoms in total. The number of aliphatic carboxylic acids is 1. The van der Waals surface area contributed by atoms with Crippen LogP contribution >= 0.6 is 0 Å². The van der Waals surface area contributed by atoms with Gasteiger partial charge in [0, 0.05) is 0 Å². The Morgan fingerprint density at radius 3 is 2.61 bits per heavy atom. The van der Waals surface area contributed by atoms with E-state index in [9.17, 15) is 9.90 Å². The lowest BCUT2D eigenvalue weighted by molar-refractivity contribution is -0.140. The highest BCUT2D eigenvalue weighted by molar-refractivity contribution is 5.73. The zero-order valence-corrected chi connectivity index (χ0v) is 15.1. The van der Waals surface area contributed by atoms with E-state index in [1.807, 2.05) is 26.0 Å². The first-order chi connectivity index (χ1) is 10.8. The lowest BCUT2D eigenvalue weighted by atomic mass is 9.87. The standard InChI is InChI=1S/C19H31NO3/c1-6-14(2)17(18(21)22)20-11-8-12-23-16-10-7-9-15(13-16)19(3,4)5/h7,9-10,13-14,17,20H,6,8,11-12H2,1-5H3,(H,21,22)/t14-,17-/m0/s1. The number of nitrogens with one attached hydrogen (secondary N) is 1.